The molecule has 0 saturated carbocycles. The number of primary amides is 1. The van der Waals surface area contributed by atoms with Crippen LogP contribution in [0.5, 0.6) is 5.75 Å². The van der Waals surface area contributed by atoms with Gasteiger partial charge in [-0.15, -0.1) is 0 Å². The summed E-state index contributed by atoms with van der Waals surface area (Å²) in [5.74, 6) is -0.138. The van der Waals surface area contributed by atoms with Crippen LogP contribution in [0.25, 0.3) is 0 Å². The van der Waals surface area contributed by atoms with E-state index < -0.39 is 5.91 Å². The van der Waals surface area contributed by atoms with Crippen LogP contribution in [0.4, 0.5) is 5.69 Å². The average Bonchev–Trinajstić information content (AvgIpc) is 2.47. The highest BCUT2D eigenvalue weighted by atomic mass is 16.5. The Morgan fingerprint density at radius 2 is 2.19 bits per heavy atom. The van der Waals surface area contributed by atoms with Gasteiger partial charge in [0.15, 0.2) is 6.61 Å². The van der Waals surface area contributed by atoms with Gasteiger partial charge in [-0.05, 0) is 23.8 Å². The zero-order valence-corrected chi connectivity index (χ0v) is 11.0. The summed E-state index contributed by atoms with van der Waals surface area (Å²) in [6.07, 6.45) is 1.80. The lowest BCUT2D eigenvalue weighted by molar-refractivity contribution is -0.118. The summed E-state index contributed by atoms with van der Waals surface area (Å²) in [6, 6.07) is 7.04. The topological polar surface area (TPSA) is 107 Å². The molecule has 1 aliphatic heterocycles. The number of nitrogens with two attached hydrogens (primary N) is 1. The third-order valence-electron chi connectivity index (χ3n) is 3.04. The Labute approximate surface area is 120 Å². The van der Waals surface area contributed by atoms with Gasteiger partial charge in [-0.2, -0.15) is 0 Å². The van der Waals surface area contributed by atoms with Crippen molar-refractivity contribution in [2.75, 3.05) is 11.9 Å². The number of hydrogen-bond donors (Lipinski definition) is 2. The Hall–Kier alpha value is -2.96. The molecule has 2 aromatic rings. The Bertz CT molecular complexity index is 730. The predicted octanol–water partition coefficient (Wildman–Crippen LogP) is 0.497. The zero-order valence-electron chi connectivity index (χ0n) is 11.0. The van der Waals surface area contributed by atoms with Crippen molar-refractivity contribution in [2.24, 2.45) is 5.73 Å². The number of fused-ring (bicyclic) bond motifs is 1. The van der Waals surface area contributed by atoms with Crippen LogP contribution in [0.1, 0.15) is 21.7 Å². The van der Waals surface area contributed by atoms with Crippen LogP contribution >= 0.6 is 0 Å². The van der Waals surface area contributed by atoms with Crippen molar-refractivity contribution in [2.45, 2.75) is 6.42 Å². The van der Waals surface area contributed by atoms with E-state index in [4.69, 9.17) is 10.5 Å². The molecule has 2 amide bonds. The van der Waals surface area contributed by atoms with Gasteiger partial charge in [0.1, 0.15) is 17.8 Å². The molecule has 7 nitrogen and oxygen atoms in total. The molecule has 0 bridgehead atoms. The van der Waals surface area contributed by atoms with Crippen molar-refractivity contribution < 1.29 is 14.3 Å². The molecule has 7 heteroatoms. The number of nitrogens with zero attached hydrogens (tertiary/aromatic N) is 2. The van der Waals surface area contributed by atoms with Gasteiger partial charge in [0.25, 0.3) is 11.8 Å². The normalized spacial score (nSPS) is 13.0. The standard InChI is InChI=1S/C14H12N4O3/c15-14(20)11-5-9(16-7-17-11)3-8-1-2-12-10(4-8)18-13(19)6-21-12/h1-2,4-5,7H,3,6H2,(H2,15,20)(H,18,19). The van der Waals surface area contributed by atoms with E-state index in [1.54, 1.807) is 12.1 Å². The average molecular weight is 284 g/mol. The first-order valence-electron chi connectivity index (χ1n) is 6.28. The van der Waals surface area contributed by atoms with Crippen molar-refractivity contribution in [1.82, 2.24) is 9.97 Å². The number of aromatic nitrogens is 2. The number of hydrogen-bond acceptors (Lipinski definition) is 5. The molecule has 1 aliphatic rings. The highest BCUT2D eigenvalue weighted by Gasteiger charge is 2.16. The molecule has 2 heterocycles. The second-order valence-electron chi connectivity index (χ2n) is 4.60. The maximum absolute atomic E-state index is 11.3. The quantitative estimate of drug-likeness (QED) is 0.853. The number of nitrogens with one attached hydrogen (secondary N) is 1. The van der Waals surface area contributed by atoms with Crippen molar-refractivity contribution in [3.8, 4) is 5.75 Å². The van der Waals surface area contributed by atoms with E-state index in [1.807, 2.05) is 12.1 Å². The number of carbonyl (C=O) groups excluding carboxylic acids is 2. The summed E-state index contributed by atoms with van der Waals surface area (Å²) < 4.78 is 5.29. The lowest BCUT2D eigenvalue weighted by Gasteiger charge is -2.18. The van der Waals surface area contributed by atoms with Crippen molar-refractivity contribution in [3.05, 3.63) is 47.5 Å². The smallest absolute Gasteiger partial charge is 0.267 e. The molecule has 0 saturated heterocycles. The first-order chi connectivity index (χ1) is 10.1. The fourth-order valence-electron chi connectivity index (χ4n) is 2.08. The minimum Gasteiger partial charge on any atom is -0.482 e. The molecule has 0 fully saturated rings. The predicted molar refractivity (Wildman–Crippen MR) is 73.9 cm³/mol. The summed E-state index contributed by atoms with van der Waals surface area (Å²) in [5, 5.41) is 2.74. The van der Waals surface area contributed by atoms with Crippen LogP contribution < -0.4 is 15.8 Å². The zero-order chi connectivity index (χ0) is 14.8. The molecule has 0 radical (unpaired) electrons. The summed E-state index contributed by atoms with van der Waals surface area (Å²) >= 11 is 0. The van der Waals surface area contributed by atoms with Gasteiger partial charge in [-0.25, -0.2) is 9.97 Å². The molecule has 3 rings (SSSR count). The monoisotopic (exact) mass is 284 g/mol. The lowest BCUT2D eigenvalue weighted by atomic mass is 10.1. The van der Waals surface area contributed by atoms with E-state index in [2.05, 4.69) is 15.3 Å². The molecular weight excluding hydrogens is 272 g/mol. The molecule has 0 aliphatic carbocycles. The molecule has 1 aromatic carbocycles. The summed E-state index contributed by atoms with van der Waals surface area (Å²) in [5.41, 5.74) is 7.59. The van der Waals surface area contributed by atoms with Gasteiger partial charge in [0.2, 0.25) is 0 Å². The van der Waals surface area contributed by atoms with E-state index >= 15 is 0 Å². The highest BCUT2D eigenvalue weighted by molar-refractivity contribution is 5.95. The van der Waals surface area contributed by atoms with E-state index in [1.165, 1.54) is 6.33 Å². The van der Waals surface area contributed by atoms with Crippen LogP contribution in [0.15, 0.2) is 30.6 Å². The summed E-state index contributed by atoms with van der Waals surface area (Å²) in [4.78, 5) is 30.3. The Morgan fingerprint density at radius 3 is 3.00 bits per heavy atom. The van der Waals surface area contributed by atoms with Gasteiger partial charge < -0.3 is 15.8 Å². The molecule has 0 unspecified atom stereocenters. The maximum Gasteiger partial charge on any atom is 0.267 e. The second-order valence-corrected chi connectivity index (χ2v) is 4.60. The number of carbonyl (C=O) groups is 2. The van der Waals surface area contributed by atoms with Crippen molar-refractivity contribution >= 4 is 17.5 Å². The molecule has 106 valence electrons. The number of amides is 2. The first-order valence-corrected chi connectivity index (χ1v) is 6.28. The van der Waals surface area contributed by atoms with E-state index in [9.17, 15) is 9.59 Å². The molecular formula is C14H12N4O3. The summed E-state index contributed by atoms with van der Waals surface area (Å²) in [6.45, 7) is 0.0280. The molecule has 0 atom stereocenters. The minimum absolute atomic E-state index is 0.0280. The Morgan fingerprint density at radius 1 is 1.33 bits per heavy atom. The van der Waals surface area contributed by atoms with Crippen LogP contribution in [0, 0.1) is 0 Å². The SMILES string of the molecule is NC(=O)c1cc(Cc2ccc3c(c2)NC(=O)CO3)ncn1. The second kappa shape index (κ2) is 5.20. The number of ether oxygens (including phenoxy) is 1. The molecule has 1 aromatic heterocycles. The third kappa shape index (κ3) is 2.81. The third-order valence-corrected chi connectivity index (χ3v) is 3.04. The molecule has 0 spiro atoms. The van der Waals surface area contributed by atoms with Crippen LogP contribution in [0.3, 0.4) is 0 Å². The minimum atomic E-state index is -0.593. The van der Waals surface area contributed by atoms with Gasteiger partial charge in [0.05, 0.1) is 5.69 Å². The molecule has 21 heavy (non-hydrogen) atoms. The first kappa shape index (κ1) is 13.0. The maximum atomic E-state index is 11.3. The Kier molecular flexibility index (Phi) is 3.23. The van der Waals surface area contributed by atoms with Crippen LogP contribution in [-0.4, -0.2) is 28.4 Å². The number of benzene rings is 1. The van der Waals surface area contributed by atoms with E-state index in [0.29, 0.717) is 23.6 Å². The van der Waals surface area contributed by atoms with Crippen LogP contribution in [0.2, 0.25) is 0 Å². The van der Waals surface area contributed by atoms with E-state index in [-0.39, 0.29) is 18.2 Å². The molecule has 3 N–H and O–H groups in total. The Balaban J connectivity index is 1.85. The van der Waals surface area contributed by atoms with Gasteiger partial charge in [-0.1, -0.05) is 6.07 Å². The van der Waals surface area contributed by atoms with Gasteiger partial charge in [-0.3, -0.25) is 9.59 Å². The lowest BCUT2D eigenvalue weighted by Crippen LogP contribution is -2.25. The largest absolute Gasteiger partial charge is 0.482 e. The van der Waals surface area contributed by atoms with Crippen LogP contribution in [-0.2, 0) is 11.2 Å². The summed E-state index contributed by atoms with van der Waals surface area (Å²) in [7, 11) is 0. The highest BCUT2D eigenvalue weighted by Crippen LogP contribution is 2.29. The van der Waals surface area contributed by atoms with Crippen molar-refractivity contribution in [1.29, 1.82) is 0 Å². The van der Waals surface area contributed by atoms with E-state index in [0.717, 1.165) is 5.56 Å². The van der Waals surface area contributed by atoms with Gasteiger partial charge >= 0.3 is 0 Å². The number of anilines is 1. The van der Waals surface area contributed by atoms with Crippen molar-refractivity contribution in [3.63, 3.8) is 0 Å². The number of rotatable bonds is 3. The fourth-order valence-corrected chi connectivity index (χ4v) is 2.08. The fraction of sp³-hybridized carbons (Fsp3) is 0.143. The van der Waals surface area contributed by atoms with Gasteiger partial charge in [0, 0.05) is 12.1 Å².